The van der Waals surface area contributed by atoms with Gasteiger partial charge in [0, 0.05) is 6.54 Å². The van der Waals surface area contributed by atoms with Crippen molar-refractivity contribution in [1.82, 2.24) is 9.97 Å². The summed E-state index contributed by atoms with van der Waals surface area (Å²) >= 11 is 5.70. The van der Waals surface area contributed by atoms with Crippen LogP contribution in [0.5, 0.6) is 0 Å². The lowest BCUT2D eigenvalue weighted by atomic mass is 10.1. The van der Waals surface area contributed by atoms with Crippen LogP contribution in [0.2, 0.25) is 5.02 Å². The monoisotopic (exact) mass is 247 g/mol. The first-order valence-corrected chi connectivity index (χ1v) is 5.98. The molecule has 0 saturated heterocycles. The molecular weight excluding hydrogens is 234 g/mol. The van der Waals surface area contributed by atoms with Crippen molar-refractivity contribution in [2.45, 2.75) is 12.8 Å². The predicted molar refractivity (Wildman–Crippen MR) is 70.3 cm³/mol. The van der Waals surface area contributed by atoms with Gasteiger partial charge in [0.1, 0.15) is 0 Å². The maximum atomic E-state index is 5.70. The normalized spacial score (nSPS) is 10.2. The summed E-state index contributed by atoms with van der Waals surface area (Å²) in [5.41, 5.74) is 1.35. The lowest BCUT2D eigenvalue weighted by molar-refractivity contribution is 0.853. The molecule has 17 heavy (non-hydrogen) atoms. The Morgan fingerprint density at radius 1 is 1.06 bits per heavy atom. The zero-order chi connectivity index (χ0) is 11.9. The summed E-state index contributed by atoms with van der Waals surface area (Å²) in [4.78, 5) is 8.14. The van der Waals surface area contributed by atoms with Gasteiger partial charge in [-0.05, 0) is 18.4 Å². The van der Waals surface area contributed by atoms with Crippen LogP contribution in [0.25, 0.3) is 0 Å². The van der Waals surface area contributed by atoms with Crippen LogP contribution in [-0.2, 0) is 6.42 Å². The average molecular weight is 248 g/mol. The molecule has 1 aromatic carbocycles. The van der Waals surface area contributed by atoms with Crippen molar-refractivity contribution >= 4 is 17.5 Å². The largest absolute Gasteiger partial charge is 0.354 e. The lowest BCUT2D eigenvalue weighted by Crippen LogP contribution is -2.05. The molecule has 0 aliphatic rings. The van der Waals surface area contributed by atoms with Crippen molar-refractivity contribution in [3.63, 3.8) is 0 Å². The SMILES string of the molecule is Clc1cnc(NCCCc2ccccc2)nc1. The fourth-order valence-corrected chi connectivity index (χ4v) is 1.64. The Morgan fingerprint density at radius 2 is 1.76 bits per heavy atom. The molecule has 0 fully saturated rings. The van der Waals surface area contributed by atoms with Gasteiger partial charge in [-0.3, -0.25) is 0 Å². The molecule has 0 amide bonds. The second-order valence-electron chi connectivity index (χ2n) is 3.74. The smallest absolute Gasteiger partial charge is 0.222 e. The summed E-state index contributed by atoms with van der Waals surface area (Å²) in [6, 6.07) is 10.4. The first-order valence-electron chi connectivity index (χ1n) is 5.60. The van der Waals surface area contributed by atoms with Crippen LogP contribution >= 0.6 is 11.6 Å². The molecule has 2 aromatic rings. The molecule has 4 heteroatoms. The highest BCUT2D eigenvalue weighted by atomic mass is 35.5. The van der Waals surface area contributed by atoms with Gasteiger partial charge in [-0.25, -0.2) is 9.97 Å². The molecule has 0 spiro atoms. The van der Waals surface area contributed by atoms with Crippen LogP contribution in [0.1, 0.15) is 12.0 Å². The Morgan fingerprint density at radius 3 is 2.47 bits per heavy atom. The molecule has 1 N–H and O–H groups in total. The molecule has 0 aliphatic carbocycles. The lowest BCUT2D eigenvalue weighted by Gasteiger charge is -2.04. The van der Waals surface area contributed by atoms with E-state index in [4.69, 9.17) is 11.6 Å². The number of hydrogen-bond donors (Lipinski definition) is 1. The third-order valence-electron chi connectivity index (χ3n) is 2.39. The average Bonchev–Trinajstić information content (AvgIpc) is 2.38. The zero-order valence-corrected chi connectivity index (χ0v) is 10.2. The van der Waals surface area contributed by atoms with E-state index in [1.807, 2.05) is 6.07 Å². The quantitative estimate of drug-likeness (QED) is 0.825. The van der Waals surface area contributed by atoms with Crippen LogP contribution in [-0.4, -0.2) is 16.5 Å². The summed E-state index contributed by atoms with van der Waals surface area (Å²) in [6.45, 7) is 0.858. The Kier molecular flexibility index (Phi) is 4.33. The number of rotatable bonds is 5. The third-order valence-corrected chi connectivity index (χ3v) is 2.58. The van der Waals surface area contributed by atoms with Crippen LogP contribution in [0.15, 0.2) is 42.7 Å². The van der Waals surface area contributed by atoms with Crippen LogP contribution < -0.4 is 5.32 Å². The predicted octanol–water partition coefficient (Wildman–Crippen LogP) is 3.17. The first-order chi connectivity index (χ1) is 8.34. The summed E-state index contributed by atoms with van der Waals surface area (Å²) in [5, 5.41) is 3.72. The van der Waals surface area contributed by atoms with E-state index in [1.54, 1.807) is 12.4 Å². The third kappa shape index (κ3) is 4.04. The fourth-order valence-electron chi connectivity index (χ4n) is 1.54. The van der Waals surface area contributed by atoms with Crippen molar-refractivity contribution in [1.29, 1.82) is 0 Å². The van der Waals surface area contributed by atoms with Crippen LogP contribution in [0.3, 0.4) is 0 Å². The second-order valence-corrected chi connectivity index (χ2v) is 4.18. The number of hydrogen-bond acceptors (Lipinski definition) is 3. The standard InChI is InChI=1S/C13H14ClN3/c14-12-9-16-13(17-10-12)15-8-4-7-11-5-2-1-3-6-11/h1-3,5-6,9-10H,4,7-8H2,(H,15,16,17). The van der Waals surface area contributed by atoms with E-state index in [2.05, 4.69) is 39.6 Å². The van der Waals surface area contributed by atoms with Crippen molar-refractivity contribution in [3.05, 3.63) is 53.3 Å². The van der Waals surface area contributed by atoms with Crippen molar-refractivity contribution in [2.75, 3.05) is 11.9 Å². The van der Waals surface area contributed by atoms with Crippen molar-refractivity contribution in [3.8, 4) is 0 Å². The zero-order valence-electron chi connectivity index (χ0n) is 9.44. The van der Waals surface area contributed by atoms with E-state index < -0.39 is 0 Å². The molecule has 0 atom stereocenters. The van der Waals surface area contributed by atoms with E-state index >= 15 is 0 Å². The van der Waals surface area contributed by atoms with Gasteiger partial charge >= 0.3 is 0 Å². The van der Waals surface area contributed by atoms with Gasteiger partial charge in [-0.2, -0.15) is 0 Å². The number of aromatic nitrogens is 2. The molecule has 0 bridgehead atoms. The number of halogens is 1. The van der Waals surface area contributed by atoms with E-state index in [-0.39, 0.29) is 0 Å². The topological polar surface area (TPSA) is 37.8 Å². The van der Waals surface area contributed by atoms with E-state index in [9.17, 15) is 0 Å². The number of aryl methyl sites for hydroxylation is 1. The van der Waals surface area contributed by atoms with E-state index in [0.717, 1.165) is 19.4 Å². The highest BCUT2D eigenvalue weighted by molar-refractivity contribution is 6.30. The van der Waals surface area contributed by atoms with Crippen LogP contribution in [0, 0.1) is 0 Å². The van der Waals surface area contributed by atoms with Gasteiger partial charge < -0.3 is 5.32 Å². The van der Waals surface area contributed by atoms with Gasteiger partial charge in [-0.1, -0.05) is 41.9 Å². The molecule has 0 radical (unpaired) electrons. The van der Waals surface area contributed by atoms with Gasteiger partial charge in [0.15, 0.2) is 0 Å². The van der Waals surface area contributed by atoms with Crippen molar-refractivity contribution in [2.24, 2.45) is 0 Å². The minimum Gasteiger partial charge on any atom is -0.354 e. The first kappa shape index (κ1) is 11.9. The number of benzene rings is 1. The maximum Gasteiger partial charge on any atom is 0.222 e. The minimum atomic E-state index is 0.555. The van der Waals surface area contributed by atoms with Gasteiger partial charge in [0.25, 0.3) is 0 Å². The van der Waals surface area contributed by atoms with Crippen molar-refractivity contribution < 1.29 is 0 Å². The fraction of sp³-hybridized carbons (Fsp3) is 0.231. The number of anilines is 1. The highest BCUT2D eigenvalue weighted by Gasteiger charge is 1.95. The number of nitrogens with one attached hydrogen (secondary N) is 1. The molecule has 88 valence electrons. The molecule has 0 saturated carbocycles. The van der Waals surface area contributed by atoms with E-state index in [1.165, 1.54) is 5.56 Å². The summed E-state index contributed by atoms with van der Waals surface area (Å²) < 4.78 is 0. The summed E-state index contributed by atoms with van der Waals surface area (Å²) in [5.74, 6) is 0.627. The van der Waals surface area contributed by atoms with Gasteiger partial charge in [0.05, 0.1) is 17.4 Å². The molecule has 1 heterocycles. The maximum absolute atomic E-state index is 5.70. The van der Waals surface area contributed by atoms with Crippen LogP contribution in [0.4, 0.5) is 5.95 Å². The van der Waals surface area contributed by atoms with Gasteiger partial charge in [-0.15, -0.1) is 0 Å². The van der Waals surface area contributed by atoms with E-state index in [0.29, 0.717) is 11.0 Å². The minimum absolute atomic E-state index is 0.555. The molecule has 0 unspecified atom stereocenters. The molecule has 3 nitrogen and oxygen atoms in total. The molecule has 0 aliphatic heterocycles. The Balaban J connectivity index is 1.71. The highest BCUT2D eigenvalue weighted by Crippen LogP contribution is 2.06. The van der Waals surface area contributed by atoms with Gasteiger partial charge in [0.2, 0.25) is 5.95 Å². The molecule has 2 rings (SSSR count). The molecular formula is C13H14ClN3. The number of nitrogens with zero attached hydrogens (tertiary/aromatic N) is 2. The summed E-state index contributed by atoms with van der Waals surface area (Å²) in [6.07, 6.45) is 5.29. The summed E-state index contributed by atoms with van der Waals surface area (Å²) in [7, 11) is 0. The Bertz CT molecular complexity index is 442. The Hall–Kier alpha value is -1.61. The Labute approximate surface area is 106 Å². The molecule has 1 aromatic heterocycles. The second kappa shape index (κ2) is 6.21.